The van der Waals surface area contributed by atoms with E-state index in [1.54, 1.807) is 0 Å². The molecule has 0 aromatic rings. The van der Waals surface area contributed by atoms with Crippen molar-refractivity contribution in [2.75, 3.05) is 0 Å². The Kier molecular flexibility index (Phi) is 172. The minimum atomic E-state index is 0. The van der Waals surface area contributed by atoms with Crippen LogP contribution in [0.4, 0.5) is 0 Å². The van der Waals surface area contributed by atoms with Crippen LogP contribution in [-0.2, 0) is 0 Å². The summed E-state index contributed by atoms with van der Waals surface area (Å²) in [7, 11) is 0. The third kappa shape index (κ3) is 8.92. The van der Waals surface area contributed by atoms with E-state index in [1.165, 1.54) is 0 Å². The van der Waals surface area contributed by atoms with Crippen molar-refractivity contribution in [3.63, 3.8) is 0 Å². The van der Waals surface area contributed by atoms with E-state index in [4.69, 9.17) is 0 Å². The summed E-state index contributed by atoms with van der Waals surface area (Å²) in [5.41, 5.74) is 0. The van der Waals surface area contributed by atoms with Gasteiger partial charge in [-0.2, -0.15) is 0 Å². The van der Waals surface area contributed by atoms with Gasteiger partial charge in [-0.1, -0.05) is 0 Å². The molecular weight excluding hydrogens is 182 g/mol. The predicted octanol–water partition coefficient (Wildman–Crippen LogP) is -3.19. The van der Waals surface area contributed by atoms with E-state index in [0.717, 1.165) is 0 Å². The summed E-state index contributed by atoms with van der Waals surface area (Å²) in [6, 6.07) is 0. The molecule has 0 heterocycles. The van der Waals surface area contributed by atoms with E-state index in [2.05, 4.69) is 0 Å². The fraction of sp³-hybridized carbons (Fsp3) is 0. The maximum Gasteiger partial charge on any atom is -0.870 e. The molecule has 0 aromatic heterocycles. The molecule has 1 N–H and O–H groups in total. The molecule has 0 aromatic carbocycles. The minimum absolute atomic E-state index is 0. The maximum atomic E-state index is 0. The Hall–Kier alpha value is 2.13. The summed E-state index contributed by atoms with van der Waals surface area (Å²) in [6.45, 7) is 0. The first-order valence-electron chi connectivity index (χ1n) is 0. The number of rotatable bonds is 0. The normalized spacial score (nSPS) is 0. The minimum Gasteiger partial charge on any atom is -0.870 e. The molecule has 0 unspecified atom stereocenters. The smallest absolute Gasteiger partial charge is 0.870 e. The summed E-state index contributed by atoms with van der Waals surface area (Å²) in [4.78, 5) is 0. The van der Waals surface area contributed by atoms with Crippen LogP contribution in [0.3, 0.4) is 0 Å². The van der Waals surface area contributed by atoms with Crippen LogP contribution in [0.15, 0.2) is 0 Å². The Balaban J connectivity index is 0. The summed E-state index contributed by atoms with van der Waals surface area (Å²) in [5, 5.41) is 0. The van der Waals surface area contributed by atoms with E-state index < -0.39 is 0 Å². The molecule has 4 heteroatoms. The van der Waals surface area contributed by atoms with Crippen LogP contribution in [0.25, 0.3) is 0 Å². The van der Waals surface area contributed by atoms with Gasteiger partial charge in [0.15, 0.2) is 17.4 Å². The van der Waals surface area contributed by atoms with Gasteiger partial charge in [0.25, 0.3) is 0 Å². The molecule has 0 rings (SSSR count). The van der Waals surface area contributed by atoms with Crippen LogP contribution in [0.5, 0.6) is 0 Å². The average Bonchev–Trinajstić information content (AvgIpc) is 0. The Bertz CT molecular complexity index is 8.00. The second kappa shape index (κ2) is 19.3. The van der Waals surface area contributed by atoms with Gasteiger partial charge in [0.1, 0.15) is 0 Å². The van der Waals surface area contributed by atoms with Gasteiger partial charge in [-0.25, -0.2) is 0 Å². The van der Waals surface area contributed by atoms with Crippen LogP contribution < -0.4 is 0 Å². The summed E-state index contributed by atoms with van der Waals surface area (Å²) in [6.07, 6.45) is 0. The molecule has 0 bridgehead atoms. The molecule has 0 aliphatic heterocycles. The number of hydrogen-bond acceptors (Lipinski definition) is 1. The van der Waals surface area contributed by atoms with E-state index in [-0.39, 0.29) is 71.7 Å². The zero-order valence-electron chi connectivity index (χ0n) is 1.45. The second-order valence-corrected chi connectivity index (χ2v) is 0. The van der Waals surface area contributed by atoms with Crippen molar-refractivity contribution in [2.24, 2.45) is 0 Å². The van der Waals surface area contributed by atoms with Crippen LogP contribution in [-0.4, -0.2) is 71.7 Å². The van der Waals surface area contributed by atoms with Crippen molar-refractivity contribution in [3.05, 3.63) is 0 Å². The molecule has 0 aliphatic rings. The maximum absolute atomic E-state index is 0. The summed E-state index contributed by atoms with van der Waals surface area (Å²) in [5.74, 6) is 0. The second-order valence-electron chi connectivity index (χ2n) is 0. The zero-order chi connectivity index (χ0) is 0. The molecule has 0 radical (unpaired) electrons. The molecule has 0 saturated carbocycles. The molecule has 1 nitrogen and oxygen atoms in total. The van der Waals surface area contributed by atoms with Crippen LogP contribution in [0.2, 0.25) is 0 Å². The fourth-order valence-corrected chi connectivity index (χ4v) is 0. The van der Waals surface area contributed by atoms with Gasteiger partial charge in [-0.15, -0.1) is 0 Å². The predicted molar refractivity (Wildman–Crippen MR) is 29.0 cm³/mol. The SMILES string of the molecule is [AlH3].[InH3].[MgH+].[OH-]. The van der Waals surface area contributed by atoms with Crippen LogP contribution in [0, 0.1) is 0 Å². The monoisotopic (exact) mass is 190 g/mol. The first kappa shape index (κ1) is 35.6. The standard InChI is InChI=1S/Al.In.Mg.H2O.7H/h;;;1H2;;;;;;;/q;;+1;;;;;;;;/p-1. The summed E-state index contributed by atoms with van der Waals surface area (Å²) < 4.78 is 0. The topological polar surface area (TPSA) is 30.0 Å². The molecule has 0 aliphatic carbocycles. The Morgan fingerprint density at radius 1 is 1.00 bits per heavy atom. The molecule has 0 atom stereocenters. The molecule has 0 spiro atoms. The van der Waals surface area contributed by atoms with Crippen molar-refractivity contribution < 1.29 is 5.48 Å². The molecule has 22 valence electrons. The Morgan fingerprint density at radius 2 is 1.00 bits per heavy atom. The molecular formula is H8AlInMgO. The van der Waals surface area contributed by atoms with E-state index in [9.17, 15) is 0 Å². The zero-order valence-corrected chi connectivity index (χ0v) is 3.45. The number of hydrogen-bond donors (Lipinski definition) is 0. The van der Waals surface area contributed by atoms with Crippen molar-refractivity contribution in [1.29, 1.82) is 0 Å². The summed E-state index contributed by atoms with van der Waals surface area (Å²) >= 11 is 0. The van der Waals surface area contributed by atoms with Crippen LogP contribution in [0.1, 0.15) is 0 Å². The third-order valence-corrected chi connectivity index (χ3v) is 0. The van der Waals surface area contributed by atoms with Crippen molar-refractivity contribution in [3.8, 4) is 0 Å². The van der Waals surface area contributed by atoms with Gasteiger partial charge in [0.05, 0.1) is 0 Å². The first-order chi connectivity index (χ1) is 0. The van der Waals surface area contributed by atoms with Gasteiger partial charge in [0, 0.05) is 0 Å². The van der Waals surface area contributed by atoms with E-state index in [1.807, 2.05) is 0 Å². The first-order valence-corrected chi connectivity index (χ1v) is 0. The Morgan fingerprint density at radius 3 is 1.00 bits per heavy atom. The van der Waals surface area contributed by atoms with Gasteiger partial charge in [-0.3, -0.25) is 0 Å². The van der Waals surface area contributed by atoms with Crippen molar-refractivity contribution >= 4 is 66.3 Å². The van der Waals surface area contributed by atoms with Crippen LogP contribution >= 0.6 is 0 Å². The van der Waals surface area contributed by atoms with Gasteiger partial charge >= 0.3 is 48.9 Å². The van der Waals surface area contributed by atoms with Gasteiger partial charge in [-0.05, 0) is 0 Å². The van der Waals surface area contributed by atoms with Gasteiger partial charge in [0.2, 0.25) is 0 Å². The quantitative estimate of drug-likeness (QED) is 0.370. The molecule has 4 heavy (non-hydrogen) atoms. The Labute approximate surface area is 70.9 Å². The average molecular weight is 190 g/mol. The molecule has 0 amide bonds. The van der Waals surface area contributed by atoms with Gasteiger partial charge < -0.3 is 5.48 Å². The van der Waals surface area contributed by atoms with E-state index >= 15 is 0 Å². The molecule has 0 saturated heterocycles. The fourth-order valence-electron chi connectivity index (χ4n) is 0. The molecule has 0 fully saturated rings. The largest absolute Gasteiger partial charge is 0.870 e. The van der Waals surface area contributed by atoms with Crippen molar-refractivity contribution in [2.45, 2.75) is 0 Å². The van der Waals surface area contributed by atoms with E-state index in [0.29, 0.717) is 0 Å². The third-order valence-electron chi connectivity index (χ3n) is 0. The van der Waals surface area contributed by atoms with Crippen molar-refractivity contribution in [1.82, 2.24) is 0 Å².